The normalized spacial score (nSPS) is 36.2. The van der Waals surface area contributed by atoms with Crippen LogP contribution >= 0.6 is 0 Å². The molecule has 2 N–H and O–H groups in total. The van der Waals surface area contributed by atoms with Gasteiger partial charge >= 0.3 is 0 Å². The lowest BCUT2D eigenvalue weighted by Gasteiger charge is -2.39. The van der Waals surface area contributed by atoms with E-state index in [1.807, 2.05) is 12.1 Å². The zero-order valence-electron chi connectivity index (χ0n) is 13.8. The summed E-state index contributed by atoms with van der Waals surface area (Å²) < 4.78 is 19.1. The maximum Gasteiger partial charge on any atom is 0.123 e. The molecule has 3 nitrogen and oxygen atoms in total. The summed E-state index contributed by atoms with van der Waals surface area (Å²) in [5.41, 5.74) is 1.12. The van der Waals surface area contributed by atoms with Gasteiger partial charge in [0.15, 0.2) is 0 Å². The summed E-state index contributed by atoms with van der Waals surface area (Å²) in [6.45, 7) is 10.0. The van der Waals surface area contributed by atoms with Crippen molar-refractivity contribution < 1.29 is 18.9 Å². The molecule has 2 atom stereocenters. The Morgan fingerprint density at radius 3 is 2.45 bits per heavy atom. The van der Waals surface area contributed by atoms with Gasteiger partial charge in [-0.25, -0.2) is 4.39 Å². The molecule has 0 amide bonds. The number of rotatable bonds is 3. The van der Waals surface area contributed by atoms with Crippen molar-refractivity contribution in [1.82, 2.24) is 0 Å². The van der Waals surface area contributed by atoms with Gasteiger partial charge in [-0.15, -0.1) is 0 Å². The van der Waals surface area contributed by atoms with E-state index in [2.05, 4.69) is 13.8 Å². The number of quaternary nitrogens is 2. The topological polar surface area (TPSA) is 18.1 Å². The monoisotopic (exact) mass is 308 g/mol. The molecule has 1 aromatic carbocycles. The molecule has 2 fully saturated rings. The Hall–Kier alpha value is -0.970. The average Bonchev–Trinajstić information content (AvgIpc) is 2.47. The molecule has 0 bridgehead atoms. The van der Waals surface area contributed by atoms with Crippen molar-refractivity contribution in [2.45, 2.75) is 51.5 Å². The molecule has 0 saturated carbocycles. The van der Waals surface area contributed by atoms with Gasteiger partial charge in [-0.05, 0) is 26.0 Å². The predicted octanol–water partition coefficient (Wildman–Crippen LogP) is 0.0651. The number of halogens is 1. The summed E-state index contributed by atoms with van der Waals surface area (Å²) in [6, 6.07) is 7.84. The highest BCUT2D eigenvalue weighted by molar-refractivity contribution is 5.14. The minimum absolute atomic E-state index is 0.118. The molecule has 0 spiro atoms. The van der Waals surface area contributed by atoms with E-state index in [4.69, 9.17) is 4.74 Å². The van der Waals surface area contributed by atoms with Crippen LogP contribution in [0.5, 0.6) is 0 Å². The third-order valence-corrected chi connectivity index (χ3v) is 5.18. The molecule has 0 aromatic heterocycles. The second kappa shape index (κ2) is 7.07. The Balaban J connectivity index is 1.50. The third-order valence-electron chi connectivity index (χ3n) is 5.18. The quantitative estimate of drug-likeness (QED) is 0.808. The van der Waals surface area contributed by atoms with Crippen molar-refractivity contribution in [1.29, 1.82) is 0 Å². The summed E-state index contributed by atoms with van der Waals surface area (Å²) in [4.78, 5) is 3.33. The van der Waals surface area contributed by atoms with Gasteiger partial charge < -0.3 is 14.5 Å². The fraction of sp³-hybridized carbons (Fsp3) is 0.667. The molecule has 22 heavy (non-hydrogen) atoms. The molecule has 0 aliphatic carbocycles. The fourth-order valence-electron chi connectivity index (χ4n) is 4.19. The number of hydrogen-bond acceptors (Lipinski definition) is 1. The maximum absolute atomic E-state index is 13.3. The zero-order chi connectivity index (χ0) is 15.5. The Kier molecular flexibility index (Phi) is 5.11. The second-order valence-electron chi connectivity index (χ2n) is 7.15. The molecule has 2 aliphatic heterocycles. The smallest absolute Gasteiger partial charge is 0.123 e. The van der Waals surface area contributed by atoms with E-state index in [1.165, 1.54) is 32.0 Å². The lowest BCUT2D eigenvalue weighted by Crippen LogP contribution is -3.22. The van der Waals surface area contributed by atoms with Crippen LogP contribution in [0.3, 0.4) is 0 Å². The van der Waals surface area contributed by atoms with Crippen LogP contribution in [-0.4, -0.2) is 44.4 Å². The first-order valence-corrected chi connectivity index (χ1v) is 8.68. The largest absolute Gasteiger partial charge is 0.364 e. The summed E-state index contributed by atoms with van der Waals surface area (Å²) in [5.74, 6) is -0.118. The predicted molar refractivity (Wildman–Crippen MR) is 84.5 cm³/mol. The number of hydrogen-bond donors (Lipinski definition) is 2. The third kappa shape index (κ3) is 4.06. The van der Waals surface area contributed by atoms with E-state index in [9.17, 15) is 4.39 Å². The van der Waals surface area contributed by atoms with Crippen molar-refractivity contribution in [3.63, 3.8) is 0 Å². The van der Waals surface area contributed by atoms with E-state index in [0.717, 1.165) is 31.2 Å². The van der Waals surface area contributed by atoms with Crippen molar-refractivity contribution >= 4 is 0 Å². The van der Waals surface area contributed by atoms with Crippen molar-refractivity contribution in [2.75, 3.05) is 26.2 Å². The molecule has 4 heteroatoms. The van der Waals surface area contributed by atoms with Gasteiger partial charge in [-0.3, -0.25) is 0 Å². The van der Waals surface area contributed by atoms with E-state index < -0.39 is 0 Å². The molecule has 2 aliphatic rings. The van der Waals surface area contributed by atoms with Crippen molar-refractivity contribution in [3.8, 4) is 0 Å². The maximum atomic E-state index is 13.3. The number of likely N-dealkylation sites (tertiary alicyclic amines) is 1. The van der Waals surface area contributed by atoms with Gasteiger partial charge in [-0.1, -0.05) is 12.1 Å². The molecule has 3 rings (SSSR count). The van der Waals surface area contributed by atoms with Crippen LogP contribution in [0, 0.1) is 5.82 Å². The highest BCUT2D eigenvalue weighted by Crippen LogP contribution is 2.05. The standard InChI is InChI=1S/C18H27FN2O/c1-14-11-21(12-15(2)22-14)18-6-8-20(9-7-18)13-16-4-3-5-17(19)10-16/h3-5,10,14-15,18H,6-9,11-13H2,1-2H3/p+2/t14-,15-/m0/s1. The van der Waals surface area contributed by atoms with Crippen LogP contribution in [0.2, 0.25) is 0 Å². The van der Waals surface area contributed by atoms with E-state index >= 15 is 0 Å². The van der Waals surface area contributed by atoms with Gasteiger partial charge in [0.2, 0.25) is 0 Å². The first-order valence-electron chi connectivity index (χ1n) is 8.68. The summed E-state index contributed by atoms with van der Waals surface area (Å²) in [6.07, 6.45) is 3.33. The molecule has 2 saturated heterocycles. The first-order chi connectivity index (χ1) is 10.6. The minimum Gasteiger partial charge on any atom is -0.364 e. The number of benzene rings is 1. The lowest BCUT2D eigenvalue weighted by atomic mass is 10.0. The van der Waals surface area contributed by atoms with Crippen LogP contribution in [0.1, 0.15) is 32.3 Å². The SMILES string of the molecule is C[C@H]1C[NH+](C2CC[NH+](Cc3cccc(F)c3)CC2)C[C@H](C)O1. The summed E-state index contributed by atoms with van der Waals surface area (Å²) in [5, 5.41) is 0. The molecular formula is C18H29FN2O+2. The van der Waals surface area contributed by atoms with Crippen LogP contribution in [0.15, 0.2) is 24.3 Å². The van der Waals surface area contributed by atoms with E-state index in [1.54, 1.807) is 15.9 Å². The van der Waals surface area contributed by atoms with Gasteiger partial charge in [-0.2, -0.15) is 0 Å². The summed E-state index contributed by atoms with van der Waals surface area (Å²) in [7, 11) is 0. The number of morpholine rings is 1. The van der Waals surface area contributed by atoms with Gasteiger partial charge in [0.1, 0.15) is 37.7 Å². The molecule has 0 unspecified atom stereocenters. The van der Waals surface area contributed by atoms with Crippen molar-refractivity contribution in [3.05, 3.63) is 35.6 Å². The van der Waals surface area contributed by atoms with Gasteiger partial charge in [0, 0.05) is 18.4 Å². The molecule has 122 valence electrons. The average molecular weight is 308 g/mol. The van der Waals surface area contributed by atoms with E-state index in [0.29, 0.717) is 12.2 Å². The van der Waals surface area contributed by atoms with Crippen LogP contribution < -0.4 is 9.80 Å². The molecule has 0 radical (unpaired) electrons. The Morgan fingerprint density at radius 1 is 1.14 bits per heavy atom. The number of piperidine rings is 1. The Morgan fingerprint density at radius 2 is 1.82 bits per heavy atom. The highest BCUT2D eigenvalue weighted by atomic mass is 19.1. The van der Waals surface area contributed by atoms with Crippen LogP contribution in [-0.2, 0) is 11.3 Å². The molecule has 2 heterocycles. The van der Waals surface area contributed by atoms with E-state index in [-0.39, 0.29) is 5.82 Å². The fourth-order valence-corrected chi connectivity index (χ4v) is 4.19. The first kappa shape index (κ1) is 15.9. The summed E-state index contributed by atoms with van der Waals surface area (Å²) >= 11 is 0. The minimum atomic E-state index is -0.118. The number of ether oxygens (including phenoxy) is 1. The highest BCUT2D eigenvalue weighted by Gasteiger charge is 2.34. The zero-order valence-corrected chi connectivity index (χ0v) is 13.8. The molecule has 1 aromatic rings. The van der Waals surface area contributed by atoms with Crippen LogP contribution in [0.25, 0.3) is 0 Å². The second-order valence-corrected chi connectivity index (χ2v) is 7.15. The molecular weight excluding hydrogens is 279 g/mol. The van der Waals surface area contributed by atoms with Gasteiger partial charge in [0.25, 0.3) is 0 Å². The van der Waals surface area contributed by atoms with Crippen LogP contribution in [0.4, 0.5) is 4.39 Å². The number of nitrogens with one attached hydrogen (secondary N) is 2. The Labute approximate surface area is 133 Å². The lowest BCUT2D eigenvalue weighted by molar-refractivity contribution is -0.970. The van der Waals surface area contributed by atoms with Gasteiger partial charge in [0.05, 0.1) is 19.1 Å². The van der Waals surface area contributed by atoms with Crippen molar-refractivity contribution in [2.24, 2.45) is 0 Å². The Bertz CT molecular complexity index is 478.